The maximum Gasteiger partial charge on any atom is 0.337 e. The van der Waals surface area contributed by atoms with Gasteiger partial charge in [0.05, 0.1) is 17.9 Å². The van der Waals surface area contributed by atoms with Crippen molar-refractivity contribution < 1.29 is 14.6 Å². The second-order valence-corrected chi connectivity index (χ2v) is 5.32. The fourth-order valence-electron chi connectivity index (χ4n) is 2.34. The minimum atomic E-state index is -1.00. The minimum Gasteiger partial charge on any atom is -0.494 e. The molecule has 26 heavy (non-hydrogen) atoms. The number of hydrogen-bond donors (Lipinski definition) is 3. The Morgan fingerprint density at radius 2 is 1.85 bits per heavy atom. The van der Waals surface area contributed by atoms with Gasteiger partial charge in [-0.05, 0) is 49.4 Å². The summed E-state index contributed by atoms with van der Waals surface area (Å²) in [5.41, 5.74) is 1.45. The normalized spacial score (nSPS) is 10.2. The summed E-state index contributed by atoms with van der Waals surface area (Å²) in [6.45, 7) is 2.54. The number of carbonyl (C=O) groups is 1. The Hall–Kier alpha value is -3.61. The zero-order chi connectivity index (χ0) is 18.4. The quantitative estimate of drug-likeness (QED) is 0.591. The van der Waals surface area contributed by atoms with Crippen molar-refractivity contribution in [3.63, 3.8) is 0 Å². The largest absolute Gasteiger partial charge is 0.494 e. The van der Waals surface area contributed by atoms with E-state index < -0.39 is 5.97 Å². The van der Waals surface area contributed by atoms with E-state index in [-0.39, 0.29) is 5.56 Å². The van der Waals surface area contributed by atoms with Crippen LogP contribution >= 0.6 is 0 Å². The lowest BCUT2D eigenvalue weighted by molar-refractivity contribution is 0.0698. The predicted molar refractivity (Wildman–Crippen MR) is 99.6 cm³/mol. The molecule has 0 bridgehead atoms. The average Bonchev–Trinajstić information content (AvgIpc) is 2.64. The van der Waals surface area contributed by atoms with E-state index in [2.05, 4.69) is 20.6 Å². The summed E-state index contributed by atoms with van der Waals surface area (Å²) in [6, 6.07) is 15.8. The van der Waals surface area contributed by atoms with E-state index in [9.17, 15) is 9.90 Å². The molecule has 0 saturated carbocycles. The number of anilines is 4. The number of rotatable bonds is 7. The molecule has 1 heterocycles. The molecule has 132 valence electrons. The molecule has 7 heteroatoms. The van der Waals surface area contributed by atoms with Gasteiger partial charge < -0.3 is 20.5 Å². The van der Waals surface area contributed by atoms with Crippen molar-refractivity contribution in [3.8, 4) is 5.75 Å². The number of aromatic carboxylic acids is 1. The highest BCUT2D eigenvalue weighted by molar-refractivity contribution is 5.95. The average molecular weight is 350 g/mol. The lowest BCUT2D eigenvalue weighted by Crippen LogP contribution is -2.04. The summed E-state index contributed by atoms with van der Waals surface area (Å²) < 4.78 is 5.41. The van der Waals surface area contributed by atoms with Gasteiger partial charge in [0, 0.05) is 11.9 Å². The Morgan fingerprint density at radius 3 is 2.58 bits per heavy atom. The molecule has 0 fully saturated rings. The zero-order valence-corrected chi connectivity index (χ0v) is 14.1. The Bertz CT molecular complexity index is 897. The number of hydrogen-bond acceptors (Lipinski definition) is 6. The predicted octanol–water partition coefficient (Wildman–Crippen LogP) is 4.06. The first-order valence-electron chi connectivity index (χ1n) is 8.08. The third-order valence-electron chi connectivity index (χ3n) is 3.50. The molecule has 2 aromatic carbocycles. The molecule has 0 radical (unpaired) electrons. The van der Waals surface area contributed by atoms with Gasteiger partial charge in [-0.1, -0.05) is 12.1 Å². The van der Waals surface area contributed by atoms with E-state index in [1.165, 1.54) is 6.07 Å². The second-order valence-electron chi connectivity index (χ2n) is 5.32. The SMILES string of the molecule is CCOc1ccc(Nc2nccc(Nc3ccccc3C(=O)O)n2)cc1. The van der Waals surface area contributed by atoms with Gasteiger partial charge in [0.15, 0.2) is 0 Å². The molecule has 0 aliphatic carbocycles. The van der Waals surface area contributed by atoms with Gasteiger partial charge in [-0.25, -0.2) is 9.78 Å². The van der Waals surface area contributed by atoms with Crippen LogP contribution in [0.3, 0.4) is 0 Å². The summed E-state index contributed by atoms with van der Waals surface area (Å²) in [4.78, 5) is 19.8. The van der Waals surface area contributed by atoms with E-state index in [4.69, 9.17) is 4.74 Å². The van der Waals surface area contributed by atoms with Gasteiger partial charge in [-0.3, -0.25) is 0 Å². The summed E-state index contributed by atoms with van der Waals surface area (Å²) in [6.07, 6.45) is 1.59. The van der Waals surface area contributed by atoms with Gasteiger partial charge in [0.2, 0.25) is 5.95 Å². The van der Waals surface area contributed by atoms with Gasteiger partial charge >= 0.3 is 5.97 Å². The molecule has 3 aromatic rings. The van der Waals surface area contributed by atoms with Crippen LogP contribution in [-0.2, 0) is 0 Å². The van der Waals surface area contributed by atoms with Gasteiger partial charge in [-0.15, -0.1) is 0 Å². The first-order chi connectivity index (χ1) is 12.7. The highest BCUT2D eigenvalue weighted by atomic mass is 16.5. The highest BCUT2D eigenvalue weighted by Crippen LogP contribution is 2.22. The van der Waals surface area contributed by atoms with E-state index in [0.29, 0.717) is 24.1 Å². The van der Waals surface area contributed by atoms with Crippen molar-refractivity contribution >= 4 is 29.1 Å². The number of ether oxygens (including phenoxy) is 1. The lowest BCUT2D eigenvalue weighted by Gasteiger charge is -2.10. The molecule has 0 amide bonds. The number of nitrogens with zero attached hydrogens (tertiary/aromatic N) is 2. The molecule has 0 atom stereocenters. The number of aromatic nitrogens is 2. The smallest absolute Gasteiger partial charge is 0.337 e. The molecule has 7 nitrogen and oxygen atoms in total. The van der Waals surface area contributed by atoms with Gasteiger partial charge in [0.1, 0.15) is 11.6 Å². The topological polar surface area (TPSA) is 96.4 Å². The van der Waals surface area contributed by atoms with Crippen molar-refractivity contribution in [2.24, 2.45) is 0 Å². The molecule has 1 aromatic heterocycles. The second kappa shape index (κ2) is 7.98. The molecule has 0 aliphatic rings. The molecular formula is C19H18N4O3. The number of carboxylic acid groups (broad SMARTS) is 1. The minimum absolute atomic E-state index is 0.173. The molecule has 3 rings (SSSR count). The molecule has 0 saturated heterocycles. The summed E-state index contributed by atoms with van der Waals surface area (Å²) in [5.74, 6) is 0.670. The van der Waals surface area contributed by atoms with Crippen LogP contribution in [0.5, 0.6) is 5.75 Å². The fraction of sp³-hybridized carbons (Fsp3) is 0.105. The van der Waals surface area contributed by atoms with Crippen LogP contribution in [0.1, 0.15) is 17.3 Å². The third kappa shape index (κ3) is 4.27. The number of nitrogens with one attached hydrogen (secondary N) is 2. The monoisotopic (exact) mass is 350 g/mol. The van der Waals surface area contributed by atoms with Crippen LogP contribution in [-0.4, -0.2) is 27.7 Å². The maximum absolute atomic E-state index is 11.3. The van der Waals surface area contributed by atoms with E-state index in [1.54, 1.807) is 30.5 Å². The van der Waals surface area contributed by atoms with Crippen molar-refractivity contribution in [2.45, 2.75) is 6.92 Å². The van der Waals surface area contributed by atoms with Crippen molar-refractivity contribution in [2.75, 3.05) is 17.2 Å². The van der Waals surface area contributed by atoms with E-state index in [0.717, 1.165) is 11.4 Å². The zero-order valence-electron chi connectivity index (χ0n) is 14.1. The Morgan fingerprint density at radius 1 is 1.08 bits per heavy atom. The number of para-hydroxylation sites is 1. The van der Waals surface area contributed by atoms with Crippen LogP contribution in [0, 0.1) is 0 Å². The first kappa shape index (κ1) is 17.2. The van der Waals surface area contributed by atoms with E-state index in [1.807, 2.05) is 31.2 Å². The van der Waals surface area contributed by atoms with Crippen LogP contribution in [0.4, 0.5) is 23.1 Å². The lowest BCUT2D eigenvalue weighted by atomic mass is 10.2. The molecule has 0 unspecified atom stereocenters. The molecule has 0 aliphatic heterocycles. The van der Waals surface area contributed by atoms with Crippen molar-refractivity contribution in [1.29, 1.82) is 0 Å². The standard InChI is InChI=1S/C19H18N4O3/c1-2-26-14-9-7-13(8-10-14)21-19-20-12-11-17(23-19)22-16-6-4-3-5-15(16)18(24)25/h3-12H,2H2,1H3,(H,24,25)(H2,20,21,22,23). The Labute approximate surface area is 150 Å². The van der Waals surface area contributed by atoms with Crippen molar-refractivity contribution in [3.05, 3.63) is 66.4 Å². The Balaban J connectivity index is 1.75. The summed E-state index contributed by atoms with van der Waals surface area (Å²) in [7, 11) is 0. The number of carboxylic acids is 1. The molecular weight excluding hydrogens is 332 g/mol. The maximum atomic E-state index is 11.3. The fourth-order valence-corrected chi connectivity index (χ4v) is 2.34. The third-order valence-corrected chi connectivity index (χ3v) is 3.50. The summed E-state index contributed by atoms with van der Waals surface area (Å²) >= 11 is 0. The number of benzene rings is 2. The van der Waals surface area contributed by atoms with Crippen LogP contribution in [0.25, 0.3) is 0 Å². The molecule has 0 spiro atoms. The van der Waals surface area contributed by atoms with Gasteiger partial charge in [0.25, 0.3) is 0 Å². The van der Waals surface area contributed by atoms with Crippen LogP contribution < -0.4 is 15.4 Å². The Kier molecular flexibility index (Phi) is 5.28. The van der Waals surface area contributed by atoms with E-state index >= 15 is 0 Å². The summed E-state index contributed by atoms with van der Waals surface area (Å²) in [5, 5.41) is 15.4. The van der Waals surface area contributed by atoms with Gasteiger partial charge in [-0.2, -0.15) is 4.98 Å². The molecule has 3 N–H and O–H groups in total. The first-order valence-corrected chi connectivity index (χ1v) is 8.08. The van der Waals surface area contributed by atoms with Crippen LogP contribution in [0.2, 0.25) is 0 Å². The van der Waals surface area contributed by atoms with Crippen LogP contribution in [0.15, 0.2) is 60.8 Å². The highest BCUT2D eigenvalue weighted by Gasteiger charge is 2.10. The van der Waals surface area contributed by atoms with Crippen molar-refractivity contribution in [1.82, 2.24) is 9.97 Å².